The molecule has 4 heteroatoms. The normalized spacial score (nSPS) is 27.1. The van der Waals surface area contributed by atoms with Crippen molar-refractivity contribution in [2.75, 3.05) is 19.7 Å². The molecule has 0 aromatic heterocycles. The van der Waals surface area contributed by atoms with Gasteiger partial charge in [0.05, 0.1) is 6.61 Å². The Morgan fingerprint density at radius 3 is 3.11 bits per heavy atom. The van der Waals surface area contributed by atoms with Gasteiger partial charge < -0.3 is 9.84 Å². The average molecular weight is 265 g/mol. The smallest absolute Gasteiger partial charge is 0.123 e. The summed E-state index contributed by atoms with van der Waals surface area (Å²) in [7, 11) is 0. The fourth-order valence-electron chi connectivity index (χ4n) is 3.16. The van der Waals surface area contributed by atoms with Gasteiger partial charge in [-0.3, -0.25) is 4.90 Å². The summed E-state index contributed by atoms with van der Waals surface area (Å²) in [5.74, 6) is 0.609. The van der Waals surface area contributed by atoms with Gasteiger partial charge in [-0.25, -0.2) is 4.39 Å². The zero-order valence-corrected chi connectivity index (χ0v) is 11.0. The van der Waals surface area contributed by atoms with Crippen molar-refractivity contribution in [1.82, 2.24) is 4.90 Å². The predicted octanol–water partition coefficient (Wildman–Crippen LogP) is 1.98. The Balaban J connectivity index is 1.63. The highest BCUT2D eigenvalue weighted by Crippen LogP contribution is 2.30. The van der Waals surface area contributed by atoms with E-state index < -0.39 is 0 Å². The summed E-state index contributed by atoms with van der Waals surface area (Å²) in [5.41, 5.74) is 0.961. The minimum Gasteiger partial charge on any atom is -0.488 e. The average Bonchev–Trinajstić information content (AvgIpc) is 2.80. The van der Waals surface area contributed by atoms with Gasteiger partial charge in [0.2, 0.25) is 0 Å². The molecule has 1 aromatic rings. The number of rotatable bonds is 3. The van der Waals surface area contributed by atoms with E-state index in [-0.39, 0.29) is 24.6 Å². The highest BCUT2D eigenvalue weighted by atomic mass is 19.1. The standard InChI is InChI=1S/C15H20FNO2/c16-12-4-5-15-11(7-12)8-14(19-15)9-17-6-2-1-3-13(17)10-18/h4-5,7,13-14,18H,1-3,6,8-10H2. The van der Waals surface area contributed by atoms with Crippen LogP contribution in [-0.2, 0) is 6.42 Å². The topological polar surface area (TPSA) is 32.7 Å². The van der Waals surface area contributed by atoms with Crippen molar-refractivity contribution in [3.63, 3.8) is 0 Å². The lowest BCUT2D eigenvalue weighted by atomic mass is 10.0. The van der Waals surface area contributed by atoms with Crippen LogP contribution in [-0.4, -0.2) is 41.8 Å². The third-order valence-electron chi connectivity index (χ3n) is 4.16. The summed E-state index contributed by atoms with van der Waals surface area (Å²) in [6.07, 6.45) is 4.29. The van der Waals surface area contributed by atoms with Crippen LogP contribution < -0.4 is 4.74 Å². The van der Waals surface area contributed by atoms with Gasteiger partial charge in [0.25, 0.3) is 0 Å². The van der Waals surface area contributed by atoms with Crippen molar-refractivity contribution >= 4 is 0 Å². The van der Waals surface area contributed by atoms with Gasteiger partial charge in [-0.1, -0.05) is 6.42 Å². The summed E-state index contributed by atoms with van der Waals surface area (Å²) >= 11 is 0. The summed E-state index contributed by atoms with van der Waals surface area (Å²) in [5, 5.41) is 9.41. The van der Waals surface area contributed by atoms with Crippen LogP contribution in [0.5, 0.6) is 5.75 Å². The lowest BCUT2D eigenvalue weighted by Gasteiger charge is -2.35. The van der Waals surface area contributed by atoms with E-state index >= 15 is 0 Å². The molecule has 1 fully saturated rings. The molecule has 0 amide bonds. The van der Waals surface area contributed by atoms with Crippen LogP contribution in [0.25, 0.3) is 0 Å². The van der Waals surface area contributed by atoms with Crippen molar-refractivity contribution < 1.29 is 14.2 Å². The molecule has 2 aliphatic rings. The number of fused-ring (bicyclic) bond motifs is 1. The zero-order valence-electron chi connectivity index (χ0n) is 11.0. The Kier molecular flexibility index (Phi) is 3.71. The van der Waals surface area contributed by atoms with E-state index in [2.05, 4.69) is 4.90 Å². The molecule has 0 spiro atoms. The van der Waals surface area contributed by atoms with Gasteiger partial charge in [-0.2, -0.15) is 0 Å². The van der Waals surface area contributed by atoms with Crippen molar-refractivity contribution in [3.05, 3.63) is 29.6 Å². The number of halogens is 1. The predicted molar refractivity (Wildman–Crippen MR) is 70.8 cm³/mol. The monoisotopic (exact) mass is 265 g/mol. The largest absolute Gasteiger partial charge is 0.488 e. The zero-order chi connectivity index (χ0) is 13.2. The first-order valence-electron chi connectivity index (χ1n) is 7.06. The van der Waals surface area contributed by atoms with E-state index in [1.807, 2.05) is 0 Å². The lowest BCUT2D eigenvalue weighted by molar-refractivity contribution is 0.0570. The summed E-state index contributed by atoms with van der Waals surface area (Å²) in [6, 6.07) is 4.98. The van der Waals surface area contributed by atoms with Gasteiger partial charge in [0.1, 0.15) is 17.7 Å². The molecule has 0 bridgehead atoms. The Labute approximate surface area is 113 Å². The molecule has 0 radical (unpaired) electrons. The quantitative estimate of drug-likeness (QED) is 0.907. The van der Waals surface area contributed by atoms with Crippen molar-refractivity contribution in [3.8, 4) is 5.75 Å². The Bertz CT molecular complexity index is 452. The fourth-order valence-corrected chi connectivity index (χ4v) is 3.16. The molecule has 1 N–H and O–H groups in total. The van der Waals surface area contributed by atoms with E-state index in [4.69, 9.17) is 4.74 Å². The van der Waals surface area contributed by atoms with E-state index in [0.717, 1.165) is 37.2 Å². The maximum Gasteiger partial charge on any atom is 0.123 e. The molecule has 3 nitrogen and oxygen atoms in total. The molecule has 104 valence electrons. The second-order valence-electron chi connectivity index (χ2n) is 5.52. The number of piperidine rings is 1. The summed E-state index contributed by atoms with van der Waals surface area (Å²) < 4.78 is 19.0. The molecule has 1 aromatic carbocycles. The van der Waals surface area contributed by atoms with Gasteiger partial charge >= 0.3 is 0 Å². The third kappa shape index (κ3) is 2.74. The van der Waals surface area contributed by atoms with Crippen LogP contribution >= 0.6 is 0 Å². The number of aliphatic hydroxyl groups is 1. The first kappa shape index (κ1) is 12.9. The van der Waals surface area contributed by atoms with Crippen LogP contribution in [0.4, 0.5) is 4.39 Å². The minimum absolute atomic E-state index is 0.0870. The van der Waals surface area contributed by atoms with E-state index in [0.29, 0.717) is 0 Å². The second kappa shape index (κ2) is 5.47. The van der Waals surface area contributed by atoms with Crippen LogP contribution in [0.3, 0.4) is 0 Å². The third-order valence-corrected chi connectivity index (χ3v) is 4.16. The first-order chi connectivity index (χ1) is 9.26. The SMILES string of the molecule is OCC1CCCCN1CC1Cc2cc(F)ccc2O1. The van der Waals surface area contributed by atoms with E-state index in [9.17, 15) is 9.50 Å². The van der Waals surface area contributed by atoms with Crippen LogP contribution in [0.15, 0.2) is 18.2 Å². The Morgan fingerprint density at radius 2 is 2.26 bits per heavy atom. The molecule has 2 heterocycles. The molecular weight excluding hydrogens is 245 g/mol. The molecule has 19 heavy (non-hydrogen) atoms. The maximum absolute atomic E-state index is 13.2. The van der Waals surface area contributed by atoms with Crippen molar-refractivity contribution in [2.45, 2.75) is 37.8 Å². The van der Waals surface area contributed by atoms with Crippen molar-refractivity contribution in [1.29, 1.82) is 0 Å². The highest BCUT2D eigenvalue weighted by Gasteiger charge is 2.29. The number of benzene rings is 1. The number of aliphatic hydroxyl groups excluding tert-OH is 1. The summed E-state index contributed by atoms with van der Waals surface area (Å²) in [4.78, 5) is 2.32. The van der Waals surface area contributed by atoms with E-state index in [1.165, 1.54) is 18.9 Å². The van der Waals surface area contributed by atoms with Gasteiger partial charge in [0, 0.05) is 24.6 Å². The van der Waals surface area contributed by atoms with Gasteiger partial charge in [-0.15, -0.1) is 0 Å². The molecule has 2 aliphatic heterocycles. The fraction of sp³-hybridized carbons (Fsp3) is 0.600. The van der Waals surface area contributed by atoms with Crippen LogP contribution in [0.2, 0.25) is 0 Å². The molecule has 0 saturated carbocycles. The number of nitrogens with zero attached hydrogens (tertiary/aromatic N) is 1. The number of likely N-dealkylation sites (tertiary alicyclic amines) is 1. The van der Waals surface area contributed by atoms with Gasteiger partial charge in [0.15, 0.2) is 0 Å². The molecule has 2 atom stereocenters. The molecule has 1 saturated heterocycles. The number of ether oxygens (including phenoxy) is 1. The first-order valence-corrected chi connectivity index (χ1v) is 7.06. The van der Waals surface area contributed by atoms with Crippen LogP contribution in [0.1, 0.15) is 24.8 Å². The molecule has 3 rings (SSSR count). The molecular formula is C15H20FNO2. The minimum atomic E-state index is -0.200. The van der Waals surface area contributed by atoms with E-state index in [1.54, 1.807) is 12.1 Å². The molecule has 0 aliphatic carbocycles. The highest BCUT2D eigenvalue weighted by molar-refractivity contribution is 5.37. The number of hydrogen-bond acceptors (Lipinski definition) is 3. The van der Waals surface area contributed by atoms with Crippen molar-refractivity contribution in [2.24, 2.45) is 0 Å². The summed E-state index contributed by atoms with van der Waals surface area (Å²) in [6.45, 7) is 2.06. The Hall–Kier alpha value is -1.13. The maximum atomic E-state index is 13.2. The van der Waals surface area contributed by atoms with Gasteiger partial charge in [-0.05, 0) is 37.6 Å². The molecule has 2 unspecified atom stereocenters. The number of hydrogen-bond donors (Lipinski definition) is 1. The lowest BCUT2D eigenvalue weighted by Crippen LogP contribution is -2.46. The Morgan fingerprint density at radius 1 is 1.37 bits per heavy atom. The second-order valence-corrected chi connectivity index (χ2v) is 5.52. The van der Waals surface area contributed by atoms with Crippen LogP contribution in [0, 0.1) is 5.82 Å².